The van der Waals surface area contributed by atoms with Crippen LogP contribution < -0.4 is 10.4 Å². The second-order valence-electron chi connectivity index (χ2n) is 6.43. The summed E-state index contributed by atoms with van der Waals surface area (Å²) in [6.07, 6.45) is 1.73. The lowest BCUT2D eigenvalue weighted by Crippen LogP contribution is -2.21. The van der Waals surface area contributed by atoms with Gasteiger partial charge in [0.1, 0.15) is 6.61 Å². The van der Waals surface area contributed by atoms with Crippen molar-refractivity contribution < 1.29 is 9.47 Å². The maximum atomic E-state index is 13.1. The number of halogens is 1. The second kappa shape index (κ2) is 7.37. The van der Waals surface area contributed by atoms with Crippen molar-refractivity contribution in [3.05, 3.63) is 57.2 Å². The first-order valence-electron chi connectivity index (χ1n) is 8.76. The van der Waals surface area contributed by atoms with Gasteiger partial charge in [0.15, 0.2) is 0 Å². The third-order valence-electron chi connectivity index (χ3n) is 4.66. The number of hydrogen-bond donors (Lipinski definition) is 0. The van der Waals surface area contributed by atoms with Crippen molar-refractivity contribution in [1.82, 2.24) is 19.1 Å². The van der Waals surface area contributed by atoms with Gasteiger partial charge in [0, 0.05) is 30.1 Å². The molecule has 144 valence electrons. The minimum absolute atomic E-state index is 0.151. The summed E-state index contributed by atoms with van der Waals surface area (Å²) < 4.78 is 14.8. The lowest BCUT2D eigenvalue weighted by atomic mass is 10.2. The van der Waals surface area contributed by atoms with Crippen LogP contribution in [0.15, 0.2) is 45.8 Å². The van der Waals surface area contributed by atoms with Crippen LogP contribution in [0.1, 0.15) is 5.69 Å². The highest BCUT2D eigenvalue weighted by atomic mass is 79.9. The Morgan fingerprint density at radius 3 is 2.75 bits per heavy atom. The highest BCUT2D eigenvalue weighted by Crippen LogP contribution is 2.28. The van der Waals surface area contributed by atoms with E-state index in [0.29, 0.717) is 30.5 Å². The molecule has 7 nitrogen and oxygen atoms in total. The van der Waals surface area contributed by atoms with Gasteiger partial charge in [-0.15, -0.1) is 0 Å². The quantitative estimate of drug-likeness (QED) is 0.443. The molecular weight excluding hydrogens is 424 g/mol. The first-order chi connectivity index (χ1) is 13.5. The predicted molar refractivity (Wildman–Crippen MR) is 111 cm³/mol. The van der Waals surface area contributed by atoms with Crippen molar-refractivity contribution in [3.63, 3.8) is 0 Å². The molecule has 0 saturated heterocycles. The number of benzene rings is 1. The first kappa shape index (κ1) is 18.6. The fraction of sp³-hybridized carbons (Fsp3) is 0.250. The number of ether oxygens (including phenoxy) is 2. The summed E-state index contributed by atoms with van der Waals surface area (Å²) in [5, 5.41) is 0.893. The van der Waals surface area contributed by atoms with Crippen LogP contribution in [0.3, 0.4) is 0 Å². The van der Waals surface area contributed by atoms with Gasteiger partial charge in [0.05, 0.1) is 40.7 Å². The monoisotopic (exact) mass is 442 g/mol. The van der Waals surface area contributed by atoms with Crippen molar-refractivity contribution in [2.75, 3.05) is 20.3 Å². The van der Waals surface area contributed by atoms with Gasteiger partial charge in [-0.05, 0) is 31.2 Å². The molecule has 0 unspecified atom stereocenters. The van der Waals surface area contributed by atoms with Gasteiger partial charge >= 0.3 is 5.69 Å². The highest BCUT2D eigenvalue weighted by molar-refractivity contribution is 9.10. The molecule has 3 heterocycles. The Balaban J connectivity index is 1.95. The van der Waals surface area contributed by atoms with Gasteiger partial charge in [-0.1, -0.05) is 15.9 Å². The van der Waals surface area contributed by atoms with Crippen LogP contribution in [-0.2, 0) is 11.8 Å². The molecule has 0 bridgehead atoms. The summed E-state index contributed by atoms with van der Waals surface area (Å²) in [6, 6.07) is 9.47. The number of hydrogen-bond acceptors (Lipinski definition) is 5. The maximum absolute atomic E-state index is 13.1. The number of aromatic nitrogens is 4. The Hall–Kier alpha value is -2.71. The van der Waals surface area contributed by atoms with E-state index < -0.39 is 0 Å². The number of imidazole rings is 1. The summed E-state index contributed by atoms with van der Waals surface area (Å²) >= 11 is 3.52. The van der Waals surface area contributed by atoms with Crippen LogP contribution in [0.2, 0.25) is 0 Å². The zero-order chi connectivity index (χ0) is 19.8. The van der Waals surface area contributed by atoms with Crippen molar-refractivity contribution >= 4 is 37.9 Å². The average molecular weight is 443 g/mol. The van der Waals surface area contributed by atoms with Crippen LogP contribution in [-0.4, -0.2) is 39.4 Å². The zero-order valence-electron chi connectivity index (χ0n) is 15.8. The van der Waals surface area contributed by atoms with Gasteiger partial charge in [0.25, 0.3) is 0 Å². The zero-order valence-corrected chi connectivity index (χ0v) is 17.4. The largest absolute Gasteiger partial charge is 0.475 e. The van der Waals surface area contributed by atoms with E-state index in [1.807, 2.05) is 31.2 Å². The lowest BCUT2D eigenvalue weighted by Gasteiger charge is -2.11. The molecule has 4 rings (SSSR count). The number of rotatable bonds is 5. The van der Waals surface area contributed by atoms with Crippen LogP contribution in [0.25, 0.3) is 27.6 Å². The number of nitrogens with zero attached hydrogens (tertiary/aromatic N) is 4. The van der Waals surface area contributed by atoms with Crippen LogP contribution >= 0.6 is 15.9 Å². The molecule has 0 N–H and O–H groups in total. The fourth-order valence-electron chi connectivity index (χ4n) is 3.27. The first-order valence-corrected chi connectivity index (χ1v) is 9.56. The molecule has 3 aromatic heterocycles. The molecule has 0 aliphatic carbocycles. The molecule has 0 fully saturated rings. The van der Waals surface area contributed by atoms with Crippen molar-refractivity contribution in [2.45, 2.75) is 6.92 Å². The summed E-state index contributed by atoms with van der Waals surface area (Å²) in [7, 11) is 3.37. The molecule has 0 aliphatic heterocycles. The van der Waals surface area contributed by atoms with Gasteiger partial charge in [0.2, 0.25) is 5.88 Å². The van der Waals surface area contributed by atoms with Crippen LogP contribution in [0.5, 0.6) is 5.88 Å². The Morgan fingerprint density at radius 1 is 1.18 bits per heavy atom. The number of pyridine rings is 2. The summed E-state index contributed by atoms with van der Waals surface area (Å²) in [5.41, 5.74) is 3.64. The molecule has 0 amide bonds. The molecule has 0 spiro atoms. The average Bonchev–Trinajstić information content (AvgIpc) is 2.93. The van der Waals surface area contributed by atoms with E-state index in [1.165, 1.54) is 0 Å². The van der Waals surface area contributed by atoms with Gasteiger partial charge in [-0.25, -0.2) is 9.78 Å². The van der Waals surface area contributed by atoms with Gasteiger partial charge in [-0.3, -0.25) is 14.1 Å². The molecular formula is C20H19BrN4O3. The van der Waals surface area contributed by atoms with Gasteiger partial charge < -0.3 is 9.47 Å². The van der Waals surface area contributed by atoms with E-state index in [1.54, 1.807) is 35.6 Å². The van der Waals surface area contributed by atoms with Crippen LogP contribution in [0, 0.1) is 6.92 Å². The van der Waals surface area contributed by atoms with E-state index >= 15 is 0 Å². The number of methoxy groups -OCH3 is 1. The summed E-state index contributed by atoms with van der Waals surface area (Å²) in [6.45, 7) is 2.77. The Kier molecular flexibility index (Phi) is 4.91. The Morgan fingerprint density at radius 2 is 2.00 bits per heavy atom. The second-order valence-corrected chi connectivity index (χ2v) is 7.34. The molecule has 4 aromatic rings. The molecule has 28 heavy (non-hydrogen) atoms. The van der Waals surface area contributed by atoms with Gasteiger partial charge in [-0.2, -0.15) is 0 Å². The smallest absolute Gasteiger partial charge is 0.333 e. The predicted octanol–water partition coefficient (Wildman–Crippen LogP) is 3.37. The molecule has 0 atom stereocenters. The van der Waals surface area contributed by atoms with Crippen LogP contribution in [0.4, 0.5) is 0 Å². The Labute approximate surface area is 169 Å². The number of aryl methyl sites for hydroxylation is 2. The van der Waals surface area contributed by atoms with E-state index in [4.69, 9.17) is 9.47 Å². The third kappa shape index (κ3) is 3.08. The van der Waals surface area contributed by atoms with E-state index in [0.717, 1.165) is 26.4 Å². The van der Waals surface area contributed by atoms with Crippen molar-refractivity contribution in [2.24, 2.45) is 7.05 Å². The third-order valence-corrected chi connectivity index (χ3v) is 5.15. The maximum Gasteiger partial charge on any atom is 0.333 e. The molecule has 0 radical (unpaired) electrons. The highest BCUT2D eigenvalue weighted by Gasteiger charge is 2.18. The lowest BCUT2D eigenvalue weighted by molar-refractivity contribution is 0.143. The summed E-state index contributed by atoms with van der Waals surface area (Å²) in [5.74, 6) is 0.501. The standard InChI is InChI=1S/C20H19BrN4O3/c1-12-16(6-7-18(23-12)28-9-8-27-3)25-19-14-10-13(21)4-5-15(14)22-11-17(19)24(2)20(25)26/h4-7,10-11H,8-9H2,1-3H3. The minimum atomic E-state index is -0.151. The topological polar surface area (TPSA) is 71.2 Å². The molecule has 0 saturated carbocycles. The van der Waals surface area contributed by atoms with Crippen molar-refractivity contribution in [1.29, 1.82) is 0 Å². The van der Waals surface area contributed by atoms with Crippen molar-refractivity contribution in [3.8, 4) is 11.6 Å². The number of fused-ring (bicyclic) bond motifs is 3. The fourth-order valence-corrected chi connectivity index (χ4v) is 3.63. The SMILES string of the molecule is COCCOc1ccc(-n2c(=O)n(C)c3cnc4ccc(Br)cc4c32)c(C)n1. The van der Waals surface area contributed by atoms with E-state index in [-0.39, 0.29) is 5.69 Å². The van der Waals surface area contributed by atoms with E-state index in [2.05, 4.69) is 25.9 Å². The minimum Gasteiger partial charge on any atom is -0.475 e. The molecule has 8 heteroatoms. The normalized spacial score (nSPS) is 11.4. The Bertz CT molecular complexity index is 1250. The summed E-state index contributed by atoms with van der Waals surface area (Å²) in [4.78, 5) is 22.1. The molecule has 0 aliphatic rings. The molecule has 1 aromatic carbocycles. The van der Waals surface area contributed by atoms with E-state index in [9.17, 15) is 4.79 Å².